The van der Waals surface area contributed by atoms with Gasteiger partial charge in [-0.15, -0.1) is 6.42 Å². The Kier molecular flexibility index (Phi) is 5.27. The molecule has 1 aliphatic carbocycles. The van der Waals surface area contributed by atoms with Crippen LogP contribution in [-0.2, 0) is 0 Å². The monoisotopic (exact) mass is 263 g/mol. The molecule has 0 bridgehead atoms. The van der Waals surface area contributed by atoms with Gasteiger partial charge in [0.25, 0.3) is 0 Å². The number of nitrogens with one attached hydrogen (secondary N) is 1. The van der Waals surface area contributed by atoms with Crippen LogP contribution < -0.4 is 5.32 Å². The first-order chi connectivity index (χ1) is 9.16. The van der Waals surface area contributed by atoms with Crippen molar-refractivity contribution in [2.45, 2.75) is 50.1 Å². The highest BCUT2D eigenvalue weighted by atomic mass is 15.2. The molecule has 2 aliphatic rings. The van der Waals surface area contributed by atoms with E-state index in [1.807, 2.05) is 0 Å². The number of rotatable bonds is 5. The van der Waals surface area contributed by atoms with Crippen molar-refractivity contribution in [2.75, 3.05) is 40.3 Å². The summed E-state index contributed by atoms with van der Waals surface area (Å²) in [5.74, 6) is 2.75. The quantitative estimate of drug-likeness (QED) is 0.759. The molecule has 0 radical (unpaired) electrons. The van der Waals surface area contributed by atoms with Crippen LogP contribution in [0.5, 0.6) is 0 Å². The number of nitrogens with zero attached hydrogens (tertiary/aromatic N) is 2. The molecule has 1 heterocycles. The lowest BCUT2D eigenvalue weighted by Crippen LogP contribution is -2.53. The minimum atomic E-state index is 0.413. The van der Waals surface area contributed by atoms with Crippen molar-refractivity contribution in [2.24, 2.45) is 0 Å². The first kappa shape index (κ1) is 14.8. The molecule has 0 aromatic rings. The second-order valence-electron chi connectivity index (χ2n) is 6.46. The zero-order chi connectivity index (χ0) is 13.7. The predicted octanol–water partition coefficient (Wildman–Crippen LogP) is 1.55. The Bertz CT molecular complexity index is 304. The average molecular weight is 263 g/mol. The Labute approximate surface area is 118 Å². The Hall–Kier alpha value is -0.560. The van der Waals surface area contributed by atoms with E-state index in [1.54, 1.807) is 0 Å². The van der Waals surface area contributed by atoms with Gasteiger partial charge in [-0.25, -0.2) is 0 Å². The predicted molar refractivity (Wildman–Crippen MR) is 81.2 cm³/mol. The smallest absolute Gasteiger partial charge is 0.0598 e. The van der Waals surface area contributed by atoms with Gasteiger partial charge in [0.05, 0.1) is 6.54 Å². The van der Waals surface area contributed by atoms with Crippen LogP contribution in [0.25, 0.3) is 0 Å². The van der Waals surface area contributed by atoms with E-state index in [2.05, 4.69) is 35.1 Å². The Balaban J connectivity index is 1.75. The fourth-order valence-electron chi connectivity index (χ4n) is 3.57. The van der Waals surface area contributed by atoms with Gasteiger partial charge in [0.15, 0.2) is 0 Å². The van der Waals surface area contributed by atoms with Crippen LogP contribution in [0.4, 0.5) is 0 Å². The van der Waals surface area contributed by atoms with E-state index >= 15 is 0 Å². The van der Waals surface area contributed by atoms with E-state index in [4.69, 9.17) is 6.42 Å². The van der Waals surface area contributed by atoms with Crippen LogP contribution in [-0.4, -0.2) is 61.7 Å². The van der Waals surface area contributed by atoms with E-state index in [-0.39, 0.29) is 0 Å². The lowest BCUT2D eigenvalue weighted by atomic mass is 9.94. The van der Waals surface area contributed by atoms with Gasteiger partial charge in [-0.2, -0.15) is 0 Å². The van der Waals surface area contributed by atoms with Gasteiger partial charge in [0, 0.05) is 31.2 Å². The van der Waals surface area contributed by atoms with Crippen molar-refractivity contribution in [3.8, 4) is 12.3 Å². The molecule has 3 nitrogen and oxygen atoms in total. The summed E-state index contributed by atoms with van der Waals surface area (Å²) < 4.78 is 0. The van der Waals surface area contributed by atoms with E-state index in [1.165, 1.54) is 38.5 Å². The van der Waals surface area contributed by atoms with Crippen molar-refractivity contribution in [3.63, 3.8) is 0 Å². The first-order valence-corrected chi connectivity index (χ1v) is 7.73. The van der Waals surface area contributed by atoms with Crippen molar-refractivity contribution < 1.29 is 0 Å². The molecule has 3 heteroatoms. The van der Waals surface area contributed by atoms with Crippen LogP contribution in [0, 0.1) is 12.3 Å². The Morgan fingerprint density at radius 1 is 1.26 bits per heavy atom. The van der Waals surface area contributed by atoms with E-state index in [0.29, 0.717) is 11.6 Å². The summed E-state index contributed by atoms with van der Waals surface area (Å²) in [6.45, 7) is 4.27. The maximum Gasteiger partial charge on any atom is 0.0598 e. The number of hydrogen-bond donors (Lipinski definition) is 1. The summed E-state index contributed by atoms with van der Waals surface area (Å²) in [4.78, 5) is 4.83. The van der Waals surface area contributed by atoms with Crippen molar-refractivity contribution in [3.05, 3.63) is 0 Å². The minimum absolute atomic E-state index is 0.413. The molecule has 1 saturated carbocycles. The summed E-state index contributed by atoms with van der Waals surface area (Å²) in [5, 5.41) is 3.83. The topological polar surface area (TPSA) is 18.5 Å². The van der Waals surface area contributed by atoms with Crippen molar-refractivity contribution >= 4 is 0 Å². The molecular formula is C16H29N3. The van der Waals surface area contributed by atoms with Gasteiger partial charge in [-0.1, -0.05) is 18.8 Å². The molecule has 1 saturated heterocycles. The molecule has 1 aliphatic heterocycles. The molecule has 19 heavy (non-hydrogen) atoms. The number of piperidine rings is 1. The van der Waals surface area contributed by atoms with E-state index < -0.39 is 0 Å². The largest absolute Gasteiger partial charge is 0.312 e. The number of hydrogen-bond acceptors (Lipinski definition) is 3. The summed E-state index contributed by atoms with van der Waals surface area (Å²) in [5.41, 5.74) is 0.413. The second kappa shape index (κ2) is 6.74. The van der Waals surface area contributed by atoms with Crippen LogP contribution in [0.3, 0.4) is 0 Å². The second-order valence-corrected chi connectivity index (χ2v) is 6.46. The molecule has 2 fully saturated rings. The number of likely N-dealkylation sites (tertiary alicyclic amines) is 1. The molecule has 108 valence electrons. The third kappa shape index (κ3) is 3.72. The van der Waals surface area contributed by atoms with Crippen LogP contribution in [0.15, 0.2) is 0 Å². The highest BCUT2D eigenvalue weighted by Crippen LogP contribution is 2.33. The first-order valence-electron chi connectivity index (χ1n) is 7.73. The third-order valence-corrected chi connectivity index (χ3v) is 5.11. The molecule has 0 spiro atoms. The summed E-state index contributed by atoms with van der Waals surface area (Å²) in [6.07, 6.45) is 13.3. The zero-order valence-electron chi connectivity index (χ0n) is 12.6. The molecule has 0 amide bonds. The fraction of sp³-hybridized carbons (Fsp3) is 0.875. The number of terminal acetylenes is 1. The number of likely N-dealkylation sites (N-methyl/N-ethyl adjacent to an activating group) is 1. The standard InChI is InChI=1S/C16H29N3/c1-4-11-19-12-7-15(8-13-19)17-14-16(18(2)3)9-5-6-10-16/h1,15,17H,5-14H2,2-3H3. The summed E-state index contributed by atoms with van der Waals surface area (Å²) in [6, 6.07) is 0.687. The third-order valence-electron chi connectivity index (χ3n) is 5.11. The fourth-order valence-corrected chi connectivity index (χ4v) is 3.57. The van der Waals surface area contributed by atoms with Crippen molar-refractivity contribution in [1.29, 1.82) is 0 Å². The van der Waals surface area contributed by atoms with Crippen LogP contribution in [0.1, 0.15) is 38.5 Å². The lowest BCUT2D eigenvalue weighted by Gasteiger charge is -2.39. The summed E-state index contributed by atoms with van der Waals surface area (Å²) >= 11 is 0. The molecule has 0 aromatic carbocycles. The highest BCUT2D eigenvalue weighted by molar-refractivity contribution is 4.96. The minimum Gasteiger partial charge on any atom is -0.312 e. The van der Waals surface area contributed by atoms with Gasteiger partial charge < -0.3 is 10.2 Å². The van der Waals surface area contributed by atoms with Gasteiger partial charge in [0.1, 0.15) is 0 Å². The Morgan fingerprint density at radius 2 is 1.89 bits per heavy atom. The molecule has 0 aromatic heterocycles. The van der Waals surface area contributed by atoms with Crippen LogP contribution in [0.2, 0.25) is 0 Å². The lowest BCUT2D eigenvalue weighted by molar-refractivity contribution is 0.137. The van der Waals surface area contributed by atoms with Crippen LogP contribution >= 0.6 is 0 Å². The summed E-state index contributed by atoms with van der Waals surface area (Å²) in [7, 11) is 4.48. The molecule has 0 atom stereocenters. The molecular weight excluding hydrogens is 234 g/mol. The average Bonchev–Trinajstić information content (AvgIpc) is 2.88. The maximum absolute atomic E-state index is 5.37. The molecule has 2 rings (SSSR count). The van der Waals surface area contributed by atoms with Gasteiger partial charge >= 0.3 is 0 Å². The zero-order valence-corrected chi connectivity index (χ0v) is 12.6. The molecule has 1 N–H and O–H groups in total. The SMILES string of the molecule is C#CCN1CCC(NCC2(N(C)C)CCCC2)CC1. The van der Waals surface area contributed by atoms with E-state index in [0.717, 1.165) is 26.2 Å². The normalized spacial score (nSPS) is 24.7. The highest BCUT2D eigenvalue weighted by Gasteiger charge is 2.36. The molecule has 0 unspecified atom stereocenters. The van der Waals surface area contributed by atoms with Gasteiger partial charge in [-0.3, -0.25) is 4.90 Å². The van der Waals surface area contributed by atoms with E-state index in [9.17, 15) is 0 Å². The van der Waals surface area contributed by atoms with Gasteiger partial charge in [0.2, 0.25) is 0 Å². The maximum atomic E-state index is 5.37. The van der Waals surface area contributed by atoms with Crippen molar-refractivity contribution in [1.82, 2.24) is 15.1 Å². The Morgan fingerprint density at radius 3 is 2.42 bits per heavy atom. The van der Waals surface area contributed by atoms with Gasteiger partial charge in [-0.05, 0) is 39.8 Å².